The number of carbonyl (C=O) groups excluding carboxylic acids is 6. The van der Waals surface area contributed by atoms with Crippen molar-refractivity contribution in [2.45, 2.75) is 39.9 Å². The third kappa shape index (κ3) is 12.1. The Labute approximate surface area is 210 Å². The van der Waals surface area contributed by atoms with Gasteiger partial charge >= 0.3 is 23.9 Å². The van der Waals surface area contributed by atoms with Crippen molar-refractivity contribution in [3.63, 3.8) is 0 Å². The van der Waals surface area contributed by atoms with Crippen LogP contribution in [0.1, 0.15) is 48.4 Å². The molecule has 1 aromatic carbocycles. The highest BCUT2D eigenvalue weighted by Crippen LogP contribution is 2.18. The zero-order chi connectivity index (χ0) is 28.1. The number of nitrogens with one attached hydrogen (secondary N) is 2. The number of nitro benzene ring substituents is 1. The first-order chi connectivity index (χ1) is 17.3. The number of esters is 4. The molecule has 2 unspecified atom stereocenters. The monoisotopic (exact) mass is 525 g/mol. The zero-order valence-electron chi connectivity index (χ0n) is 20.6. The van der Waals surface area contributed by atoms with Crippen molar-refractivity contribution in [1.29, 1.82) is 0 Å². The number of hydrogen-bond acceptors (Lipinski definition) is 12. The van der Waals surface area contributed by atoms with Crippen LogP contribution in [0.25, 0.3) is 0 Å². The van der Waals surface area contributed by atoms with Crippen LogP contribution in [0.3, 0.4) is 0 Å². The van der Waals surface area contributed by atoms with E-state index in [0.717, 1.165) is 45.9 Å². The van der Waals surface area contributed by atoms with Gasteiger partial charge in [-0.1, -0.05) is 0 Å². The highest BCUT2D eigenvalue weighted by Gasteiger charge is 2.22. The third-order valence-electron chi connectivity index (χ3n) is 4.24. The molecule has 37 heavy (non-hydrogen) atoms. The van der Waals surface area contributed by atoms with Gasteiger partial charge in [0.1, 0.15) is 13.2 Å². The number of benzene rings is 1. The number of nitro groups is 1. The van der Waals surface area contributed by atoms with Gasteiger partial charge in [-0.25, -0.2) is 0 Å². The molecule has 0 saturated carbocycles. The summed E-state index contributed by atoms with van der Waals surface area (Å²) < 4.78 is 19.5. The van der Waals surface area contributed by atoms with Gasteiger partial charge in [-0.2, -0.15) is 0 Å². The van der Waals surface area contributed by atoms with E-state index in [1.807, 2.05) is 0 Å². The summed E-state index contributed by atoms with van der Waals surface area (Å²) in [6, 6.07) is 2.94. The molecule has 15 heteroatoms. The molecule has 2 atom stereocenters. The maximum Gasteiger partial charge on any atom is 0.303 e. The number of rotatable bonds is 13. The Bertz CT molecular complexity index is 983. The van der Waals surface area contributed by atoms with Crippen LogP contribution in [0.4, 0.5) is 5.69 Å². The number of hydrogen-bond donors (Lipinski definition) is 2. The summed E-state index contributed by atoms with van der Waals surface area (Å²) >= 11 is 0. The summed E-state index contributed by atoms with van der Waals surface area (Å²) in [6.07, 6.45) is -2.05. The highest BCUT2D eigenvalue weighted by atomic mass is 16.6. The first-order valence-corrected chi connectivity index (χ1v) is 10.8. The Morgan fingerprint density at radius 2 is 1.11 bits per heavy atom. The van der Waals surface area contributed by atoms with Crippen molar-refractivity contribution in [1.82, 2.24) is 10.6 Å². The molecule has 0 heterocycles. The van der Waals surface area contributed by atoms with E-state index in [4.69, 9.17) is 18.9 Å². The molecule has 0 saturated heterocycles. The number of nitrogens with zero attached hydrogens (tertiary/aromatic N) is 1. The minimum absolute atomic E-state index is 0.259. The predicted molar refractivity (Wildman–Crippen MR) is 122 cm³/mol. The molecule has 0 aliphatic carbocycles. The smallest absolute Gasteiger partial charge is 0.303 e. The molecule has 0 radical (unpaired) electrons. The third-order valence-corrected chi connectivity index (χ3v) is 4.24. The topological polar surface area (TPSA) is 207 Å². The van der Waals surface area contributed by atoms with E-state index in [1.54, 1.807) is 0 Å². The molecule has 2 amide bonds. The normalized spacial score (nSPS) is 11.8. The second-order valence-corrected chi connectivity index (χ2v) is 7.51. The lowest BCUT2D eigenvalue weighted by Crippen LogP contribution is -2.38. The molecule has 0 spiro atoms. The summed E-state index contributed by atoms with van der Waals surface area (Å²) in [5, 5.41) is 16.1. The first-order valence-electron chi connectivity index (χ1n) is 10.8. The van der Waals surface area contributed by atoms with Gasteiger partial charge in [0.05, 0.1) is 18.0 Å². The van der Waals surface area contributed by atoms with Crippen molar-refractivity contribution in [2.24, 2.45) is 0 Å². The minimum atomic E-state index is -1.03. The van der Waals surface area contributed by atoms with Crippen LogP contribution in [0.2, 0.25) is 0 Å². The summed E-state index contributed by atoms with van der Waals surface area (Å²) in [5.74, 6) is -4.35. The lowest BCUT2D eigenvalue weighted by molar-refractivity contribution is -0.384. The maximum absolute atomic E-state index is 12.6. The van der Waals surface area contributed by atoms with Gasteiger partial charge in [0.15, 0.2) is 12.2 Å². The Hall–Kier alpha value is -4.56. The molecule has 202 valence electrons. The fourth-order valence-electron chi connectivity index (χ4n) is 2.76. The van der Waals surface area contributed by atoms with Gasteiger partial charge < -0.3 is 29.6 Å². The lowest BCUT2D eigenvalue weighted by atomic mass is 10.1. The van der Waals surface area contributed by atoms with E-state index in [-0.39, 0.29) is 37.4 Å². The van der Waals surface area contributed by atoms with E-state index in [9.17, 15) is 38.9 Å². The number of ether oxygens (including phenoxy) is 4. The van der Waals surface area contributed by atoms with Crippen molar-refractivity contribution < 1.29 is 52.6 Å². The molecule has 15 nitrogen and oxygen atoms in total. The summed E-state index contributed by atoms with van der Waals surface area (Å²) in [6.45, 7) is 3.25. The van der Waals surface area contributed by atoms with Crippen LogP contribution in [-0.4, -0.2) is 79.1 Å². The minimum Gasteiger partial charge on any atom is -0.462 e. The summed E-state index contributed by atoms with van der Waals surface area (Å²) in [4.78, 5) is 80.3. The molecular formula is C22H27N3O12. The van der Waals surface area contributed by atoms with Crippen molar-refractivity contribution in [3.8, 4) is 0 Å². The molecule has 1 rings (SSSR count). The molecule has 1 aromatic rings. The van der Waals surface area contributed by atoms with E-state index >= 15 is 0 Å². The number of amides is 2. The maximum atomic E-state index is 12.6. The Kier molecular flexibility index (Phi) is 12.1. The quantitative estimate of drug-likeness (QED) is 0.151. The van der Waals surface area contributed by atoms with Gasteiger partial charge in [0.2, 0.25) is 0 Å². The standard InChI is InChI=1S/C22H27N3O12/c1-12(26)34-10-19(36-14(3)28)8-23-21(30)16-5-17(7-18(6-16)25(32)33)22(31)24-9-20(37-15(4)29)11-35-13(2)27/h5-7,19-20H,8-11H2,1-4H3,(H,23,30)(H,24,31). The largest absolute Gasteiger partial charge is 0.462 e. The van der Waals surface area contributed by atoms with E-state index in [2.05, 4.69) is 10.6 Å². The fraction of sp³-hybridized carbons (Fsp3) is 0.455. The Morgan fingerprint density at radius 1 is 0.730 bits per heavy atom. The second kappa shape index (κ2) is 14.8. The van der Waals surface area contributed by atoms with E-state index in [0.29, 0.717) is 0 Å². The van der Waals surface area contributed by atoms with Crippen LogP contribution in [0, 0.1) is 10.1 Å². The van der Waals surface area contributed by atoms with E-state index in [1.165, 1.54) is 0 Å². The van der Waals surface area contributed by atoms with Crippen LogP contribution >= 0.6 is 0 Å². The molecule has 0 aliphatic rings. The first kappa shape index (κ1) is 30.5. The van der Waals surface area contributed by atoms with Crippen LogP contribution < -0.4 is 10.6 Å². The van der Waals surface area contributed by atoms with Gasteiger partial charge in [-0.3, -0.25) is 38.9 Å². The van der Waals surface area contributed by atoms with Crippen molar-refractivity contribution in [3.05, 3.63) is 39.4 Å². The Balaban J connectivity index is 3.01. The molecule has 0 aliphatic heterocycles. The highest BCUT2D eigenvalue weighted by molar-refractivity contribution is 6.00. The molecule has 0 aromatic heterocycles. The van der Waals surface area contributed by atoms with Gasteiger partial charge in [0.25, 0.3) is 17.5 Å². The average molecular weight is 525 g/mol. The summed E-state index contributed by atoms with van der Waals surface area (Å²) in [5.41, 5.74) is -1.08. The number of carbonyl (C=O) groups is 6. The van der Waals surface area contributed by atoms with Crippen LogP contribution in [-0.2, 0) is 38.1 Å². The van der Waals surface area contributed by atoms with Crippen LogP contribution in [0.5, 0.6) is 0 Å². The summed E-state index contributed by atoms with van der Waals surface area (Å²) in [7, 11) is 0. The Morgan fingerprint density at radius 3 is 1.41 bits per heavy atom. The SMILES string of the molecule is CC(=O)OCC(CNC(=O)c1cc(C(=O)NCC(COC(C)=O)OC(C)=O)cc([N+](=O)[O-])c1)OC(C)=O. The molecular weight excluding hydrogens is 498 g/mol. The van der Waals surface area contributed by atoms with Crippen molar-refractivity contribution >= 4 is 41.4 Å². The van der Waals surface area contributed by atoms with Crippen LogP contribution in [0.15, 0.2) is 18.2 Å². The zero-order valence-corrected chi connectivity index (χ0v) is 20.6. The average Bonchev–Trinajstić information content (AvgIpc) is 2.80. The van der Waals surface area contributed by atoms with Gasteiger partial charge in [0, 0.05) is 51.0 Å². The molecule has 0 bridgehead atoms. The second-order valence-electron chi connectivity index (χ2n) is 7.51. The van der Waals surface area contributed by atoms with E-state index < -0.39 is 58.5 Å². The predicted octanol–water partition coefficient (Wildman–Crippen LogP) is 0.0440. The molecule has 0 fully saturated rings. The van der Waals surface area contributed by atoms with Gasteiger partial charge in [-0.05, 0) is 6.07 Å². The van der Waals surface area contributed by atoms with Gasteiger partial charge in [-0.15, -0.1) is 0 Å². The lowest BCUT2D eigenvalue weighted by Gasteiger charge is -2.18. The molecule has 2 N–H and O–H groups in total. The number of non-ortho nitro benzene ring substituents is 1. The fourth-order valence-corrected chi connectivity index (χ4v) is 2.76. The van der Waals surface area contributed by atoms with Crippen molar-refractivity contribution in [2.75, 3.05) is 26.3 Å².